The summed E-state index contributed by atoms with van der Waals surface area (Å²) in [7, 11) is 0. The first-order chi connectivity index (χ1) is 12.6. The number of rotatable bonds is 5. The lowest BCUT2D eigenvalue weighted by molar-refractivity contribution is 0.0521. The quantitative estimate of drug-likeness (QED) is 0.805. The number of hydrogen-bond donors (Lipinski definition) is 1. The Balaban J connectivity index is 1.69. The van der Waals surface area contributed by atoms with Gasteiger partial charge in [-0.2, -0.15) is 0 Å². The van der Waals surface area contributed by atoms with E-state index in [0.29, 0.717) is 16.6 Å². The second-order valence-corrected chi connectivity index (χ2v) is 6.94. The minimum absolute atomic E-state index is 0.122. The number of anilines is 1. The number of amides is 1. The summed E-state index contributed by atoms with van der Waals surface area (Å²) in [6.07, 6.45) is 1.22. The maximum absolute atomic E-state index is 12.5. The Kier molecular flexibility index (Phi) is 5.72. The zero-order valence-electron chi connectivity index (χ0n) is 14.5. The van der Waals surface area contributed by atoms with E-state index in [2.05, 4.69) is 4.98 Å². The highest BCUT2D eigenvalue weighted by atomic mass is 32.1. The van der Waals surface area contributed by atoms with Gasteiger partial charge in [-0.1, -0.05) is 41.7 Å². The average Bonchev–Trinajstić information content (AvgIpc) is 3.27. The summed E-state index contributed by atoms with van der Waals surface area (Å²) in [5.41, 5.74) is 6.97. The fourth-order valence-electron chi connectivity index (χ4n) is 2.88. The smallest absolute Gasteiger partial charge is 0.410 e. The van der Waals surface area contributed by atoms with Crippen LogP contribution >= 0.6 is 11.3 Å². The van der Waals surface area contributed by atoms with Crippen molar-refractivity contribution in [1.29, 1.82) is 0 Å². The van der Waals surface area contributed by atoms with Crippen molar-refractivity contribution in [3.8, 4) is 0 Å². The first-order valence-corrected chi connectivity index (χ1v) is 9.32. The molecule has 0 radical (unpaired) electrons. The molecule has 3 rings (SSSR count). The molecule has 1 aromatic carbocycles. The fourth-order valence-corrected chi connectivity index (χ4v) is 3.85. The van der Waals surface area contributed by atoms with Crippen LogP contribution in [0.15, 0.2) is 30.3 Å². The lowest BCUT2D eigenvalue weighted by Gasteiger charge is -2.22. The van der Waals surface area contributed by atoms with Crippen molar-refractivity contribution < 1.29 is 19.1 Å². The van der Waals surface area contributed by atoms with E-state index in [1.807, 2.05) is 30.3 Å². The summed E-state index contributed by atoms with van der Waals surface area (Å²) < 4.78 is 10.4. The van der Waals surface area contributed by atoms with Gasteiger partial charge in [-0.05, 0) is 25.3 Å². The lowest BCUT2D eigenvalue weighted by Crippen LogP contribution is -2.31. The van der Waals surface area contributed by atoms with E-state index in [0.717, 1.165) is 18.4 Å². The molecule has 26 heavy (non-hydrogen) atoms. The number of hydrogen-bond acceptors (Lipinski definition) is 7. The number of esters is 1. The molecule has 1 unspecified atom stereocenters. The molecule has 0 saturated carbocycles. The first kappa shape index (κ1) is 18.2. The van der Waals surface area contributed by atoms with Gasteiger partial charge >= 0.3 is 12.1 Å². The Bertz CT molecular complexity index is 778. The number of benzene rings is 1. The van der Waals surface area contributed by atoms with Crippen LogP contribution in [0.1, 0.15) is 46.9 Å². The number of thiazole rings is 1. The minimum Gasteiger partial charge on any atom is -0.461 e. The highest BCUT2D eigenvalue weighted by Crippen LogP contribution is 2.37. The first-order valence-electron chi connectivity index (χ1n) is 8.50. The second kappa shape index (κ2) is 8.18. The van der Waals surface area contributed by atoms with Crippen molar-refractivity contribution in [3.05, 3.63) is 46.6 Å². The van der Waals surface area contributed by atoms with Gasteiger partial charge in [0.2, 0.25) is 0 Å². The molecule has 138 valence electrons. The van der Waals surface area contributed by atoms with E-state index in [4.69, 9.17) is 15.2 Å². The molecule has 7 nitrogen and oxygen atoms in total. The molecule has 0 bridgehead atoms. The zero-order chi connectivity index (χ0) is 18.5. The molecule has 1 amide bonds. The Labute approximate surface area is 155 Å². The Morgan fingerprint density at radius 1 is 1.31 bits per heavy atom. The van der Waals surface area contributed by atoms with E-state index < -0.39 is 5.97 Å². The molecule has 1 aliphatic rings. The number of carbonyl (C=O) groups is 2. The van der Waals surface area contributed by atoms with Crippen molar-refractivity contribution >= 4 is 28.4 Å². The van der Waals surface area contributed by atoms with Crippen molar-refractivity contribution in [2.75, 3.05) is 18.9 Å². The highest BCUT2D eigenvalue weighted by molar-refractivity contribution is 7.16. The van der Waals surface area contributed by atoms with E-state index in [-0.39, 0.29) is 31.0 Å². The third kappa shape index (κ3) is 3.96. The number of nitrogen functional groups attached to an aromatic ring is 1. The Hall–Kier alpha value is -2.61. The monoisotopic (exact) mass is 375 g/mol. The van der Waals surface area contributed by atoms with E-state index in [1.54, 1.807) is 11.8 Å². The number of aromatic nitrogens is 1. The van der Waals surface area contributed by atoms with Crippen molar-refractivity contribution in [1.82, 2.24) is 9.88 Å². The normalized spacial score (nSPS) is 16.5. The second-order valence-electron chi connectivity index (χ2n) is 5.88. The predicted octanol–water partition coefficient (Wildman–Crippen LogP) is 3.38. The van der Waals surface area contributed by atoms with Crippen LogP contribution in [0, 0.1) is 0 Å². The molecule has 1 saturated heterocycles. The molecule has 1 atom stereocenters. The third-order valence-electron chi connectivity index (χ3n) is 4.12. The largest absolute Gasteiger partial charge is 0.461 e. The number of ether oxygens (including phenoxy) is 2. The van der Waals surface area contributed by atoms with Gasteiger partial charge in [0.25, 0.3) is 0 Å². The molecule has 0 spiro atoms. The van der Waals surface area contributed by atoms with Crippen LogP contribution in [0.4, 0.5) is 9.80 Å². The molecule has 0 aliphatic carbocycles. The summed E-state index contributed by atoms with van der Waals surface area (Å²) >= 11 is 1.22. The summed E-state index contributed by atoms with van der Waals surface area (Å²) in [5, 5.41) is 0.947. The van der Waals surface area contributed by atoms with E-state index in [1.165, 1.54) is 11.3 Å². The van der Waals surface area contributed by atoms with Crippen LogP contribution in [0.3, 0.4) is 0 Å². The molecule has 2 N–H and O–H groups in total. The molecular weight excluding hydrogens is 354 g/mol. The fraction of sp³-hybridized carbons (Fsp3) is 0.389. The molecule has 2 aromatic rings. The van der Waals surface area contributed by atoms with Crippen LogP contribution < -0.4 is 5.73 Å². The van der Waals surface area contributed by atoms with E-state index >= 15 is 0 Å². The highest BCUT2D eigenvalue weighted by Gasteiger charge is 2.34. The summed E-state index contributed by atoms with van der Waals surface area (Å²) in [6.45, 7) is 2.79. The summed E-state index contributed by atoms with van der Waals surface area (Å²) in [6, 6.07) is 9.29. The SMILES string of the molecule is CCOC(=O)c1nc(C2CCCN2C(=O)OCc2ccccc2)sc1N. The summed E-state index contributed by atoms with van der Waals surface area (Å²) in [5.74, 6) is -0.538. The van der Waals surface area contributed by atoms with Crippen molar-refractivity contribution in [3.63, 3.8) is 0 Å². The van der Waals surface area contributed by atoms with Crippen molar-refractivity contribution in [2.24, 2.45) is 0 Å². The van der Waals surface area contributed by atoms with Gasteiger partial charge in [0.05, 0.1) is 12.6 Å². The maximum atomic E-state index is 12.5. The average molecular weight is 375 g/mol. The molecule has 1 aromatic heterocycles. The Morgan fingerprint density at radius 2 is 2.08 bits per heavy atom. The molecule has 1 fully saturated rings. The maximum Gasteiger partial charge on any atom is 0.410 e. The van der Waals surface area contributed by atoms with Gasteiger partial charge in [-0.15, -0.1) is 0 Å². The van der Waals surface area contributed by atoms with Gasteiger partial charge in [-0.3, -0.25) is 4.90 Å². The number of nitrogens with zero attached hydrogens (tertiary/aromatic N) is 2. The summed E-state index contributed by atoms with van der Waals surface area (Å²) in [4.78, 5) is 30.4. The number of carbonyl (C=O) groups excluding carboxylic acids is 2. The minimum atomic E-state index is -0.538. The predicted molar refractivity (Wildman–Crippen MR) is 97.8 cm³/mol. The molecule has 1 aliphatic heterocycles. The molecular formula is C18H21N3O4S. The molecule has 2 heterocycles. The van der Waals surface area contributed by atoms with Crippen LogP contribution in [-0.2, 0) is 16.1 Å². The van der Waals surface area contributed by atoms with Crippen LogP contribution in [0.25, 0.3) is 0 Å². The van der Waals surface area contributed by atoms with Crippen LogP contribution in [-0.4, -0.2) is 35.1 Å². The lowest BCUT2D eigenvalue weighted by atomic mass is 10.2. The standard InChI is InChI=1S/C18H21N3O4S/c1-2-24-17(22)14-15(19)26-16(20-14)13-9-6-10-21(13)18(23)25-11-12-7-4-3-5-8-12/h3-5,7-8,13H,2,6,9-11,19H2,1H3. The van der Waals surface area contributed by atoms with Gasteiger partial charge < -0.3 is 15.2 Å². The van der Waals surface area contributed by atoms with Gasteiger partial charge in [0.1, 0.15) is 16.6 Å². The van der Waals surface area contributed by atoms with Gasteiger partial charge in [0, 0.05) is 6.54 Å². The third-order valence-corrected chi connectivity index (χ3v) is 5.10. The van der Waals surface area contributed by atoms with Crippen LogP contribution in [0.5, 0.6) is 0 Å². The van der Waals surface area contributed by atoms with Crippen LogP contribution in [0.2, 0.25) is 0 Å². The topological polar surface area (TPSA) is 94.8 Å². The van der Waals surface area contributed by atoms with Gasteiger partial charge in [0.15, 0.2) is 5.69 Å². The zero-order valence-corrected chi connectivity index (χ0v) is 15.3. The van der Waals surface area contributed by atoms with Gasteiger partial charge in [-0.25, -0.2) is 14.6 Å². The van der Waals surface area contributed by atoms with Crippen molar-refractivity contribution in [2.45, 2.75) is 32.4 Å². The molecule has 8 heteroatoms. The van der Waals surface area contributed by atoms with E-state index in [9.17, 15) is 9.59 Å². The Morgan fingerprint density at radius 3 is 2.81 bits per heavy atom. The number of likely N-dealkylation sites (tertiary alicyclic amines) is 1. The number of nitrogens with two attached hydrogens (primary N) is 1.